The Labute approximate surface area is 179 Å². The fraction of sp³-hybridized carbons (Fsp3) is 0.350. The summed E-state index contributed by atoms with van der Waals surface area (Å²) < 4.78 is 0. The van der Waals surface area contributed by atoms with Gasteiger partial charge in [-0.1, -0.05) is 29.3 Å². The van der Waals surface area contributed by atoms with E-state index in [2.05, 4.69) is 10.2 Å². The normalized spacial score (nSPS) is 15.8. The molecule has 1 amide bonds. The van der Waals surface area contributed by atoms with Gasteiger partial charge in [0.15, 0.2) is 0 Å². The van der Waals surface area contributed by atoms with Crippen molar-refractivity contribution in [3.8, 4) is 0 Å². The largest absolute Gasteiger partial charge is 0.363 e. The van der Waals surface area contributed by atoms with Crippen molar-refractivity contribution in [2.24, 2.45) is 0 Å². The predicted octanol–water partition coefficient (Wildman–Crippen LogP) is 4.14. The van der Waals surface area contributed by atoms with Crippen molar-refractivity contribution in [2.75, 3.05) is 38.1 Å². The van der Waals surface area contributed by atoms with Crippen LogP contribution in [0.5, 0.6) is 0 Å². The molecule has 0 radical (unpaired) electrons. The van der Waals surface area contributed by atoms with E-state index in [1.807, 2.05) is 11.9 Å². The number of hydrogen-bond acceptors (Lipinski definition) is 5. The zero-order valence-corrected chi connectivity index (χ0v) is 17.7. The molecule has 0 unspecified atom stereocenters. The van der Waals surface area contributed by atoms with E-state index in [1.165, 1.54) is 6.07 Å². The minimum atomic E-state index is -0.441. The molecule has 7 nitrogen and oxygen atoms in total. The number of carbonyl (C=O) groups is 1. The zero-order valence-electron chi connectivity index (χ0n) is 16.2. The Kier molecular flexibility index (Phi) is 6.62. The van der Waals surface area contributed by atoms with Gasteiger partial charge in [-0.25, -0.2) is 0 Å². The molecule has 1 aliphatic heterocycles. The molecule has 1 aliphatic rings. The lowest BCUT2D eigenvalue weighted by atomic mass is 10.1. The number of anilines is 1. The Bertz CT molecular complexity index is 930. The maximum absolute atomic E-state index is 12.7. The number of nitro groups is 1. The Morgan fingerprint density at radius 3 is 2.45 bits per heavy atom. The highest BCUT2D eigenvalue weighted by atomic mass is 35.5. The fourth-order valence-electron chi connectivity index (χ4n) is 3.34. The summed E-state index contributed by atoms with van der Waals surface area (Å²) in [7, 11) is 2.02. The SMILES string of the molecule is C[C@H](NC(=O)c1ccc(N2CCN(C)CC2)c([N+](=O)[O-])c1)c1ccc(Cl)cc1Cl. The molecule has 0 spiro atoms. The van der Waals surface area contributed by atoms with Crippen molar-refractivity contribution in [1.29, 1.82) is 0 Å². The van der Waals surface area contributed by atoms with Crippen molar-refractivity contribution in [3.63, 3.8) is 0 Å². The van der Waals surface area contributed by atoms with E-state index in [-0.39, 0.29) is 17.3 Å². The van der Waals surface area contributed by atoms with Crippen LogP contribution in [0.1, 0.15) is 28.9 Å². The van der Waals surface area contributed by atoms with E-state index < -0.39 is 10.8 Å². The Hall–Kier alpha value is -2.35. The lowest BCUT2D eigenvalue weighted by molar-refractivity contribution is -0.384. The second-order valence-corrected chi connectivity index (χ2v) is 7.96. The fourth-order valence-corrected chi connectivity index (χ4v) is 3.91. The first kappa shape index (κ1) is 21.4. The summed E-state index contributed by atoms with van der Waals surface area (Å²) in [6, 6.07) is 9.26. The highest BCUT2D eigenvalue weighted by Crippen LogP contribution is 2.31. The molecule has 29 heavy (non-hydrogen) atoms. The summed E-state index contributed by atoms with van der Waals surface area (Å²) in [4.78, 5) is 28.0. The predicted molar refractivity (Wildman–Crippen MR) is 115 cm³/mol. The van der Waals surface area contributed by atoms with Crippen LogP contribution in [0.25, 0.3) is 0 Å². The van der Waals surface area contributed by atoms with E-state index in [1.54, 1.807) is 37.3 Å². The summed E-state index contributed by atoms with van der Waals surface area (Å²) in [6.07, 6.45) is 0. The summed E-state index contributed by atoms with van der Waals surface area (Å²) >= 11 is 12.1. The minimum Gasteiger partial charge on any atom is -0.363 e. The number of benzene rings is 2. The van der Waals surface area contributed by atoms with E-state index in [0.717, 1.165) is 13.1 Å². The molecule has 1 fully saturated rings. The lowest BCUT2D eigenvalue weighted by Gasteiger charge is -2.33. The van der Waals surface area contributed by atoms with E-state index in [4.69, 9.17) is 23.2 Å². The van der Waals surface area contributed by atoms with Gasteiger partial charge in [-0.05, 0) is 43.8 Å². The third-order valence-electron chi connectivity index (χ3n) is 5.05. The summed E-state index contributed by atoms with van der Waals surface area (Å²) in [5.41, 5.74) is 1.41. The van der Waals surface area contributed by atoms with Gasteiger partial charge in [-0.2, -0.15) is 0 Å². The van der Waals surface area contributed by atoms with Crippen LogP contribution in [0.3, 0.4) is 0 Å². The molecule has 0 bridgehead atoms. The zero-order chi connectivity index (χ0) is 21.1. The van der Waals surface area contributed by atoms with Gasteiger partial charge in [0.25, 0.3) is 11.6 Å². The highest BCUT2D eigenvalue weighted by molar-refractivity contribution is 6.35. The van der Waals surface area contributed by atoms with Crippen LogP contribution >= 0.6 is 23.2 Å². The minimum absolute atomic E-state index is 0.0700. The maximum atomic E-state index is 12.7. The first-order valence-electron chi connectivity index (χ1n) is 9.24. The molecule has 1 N–H and O–H groups in total. The van der Waals surface area contributed by atoms with E-state index in [9.17, 15) is 14.9 Å². The molecule has 2 aromatic rings. The standard InChI is InChI=1S/C20H22Cl2N4O3/c1-13(16-5-4-15(21)12-17(16)22)23-20(27)14-3-6-18(19(11-14)26(28)29)25-9-7-24(2)8-10-25/h3-6,11-13H,7-10H2,1-2H3,(H,23,27)/t13-/m0/s1. The van der Waals surface area contributed by atoms with Gasteiger partial charge < -0.3 is 15.1 Å². The smallest absolute Gasteiger partial charge is 0.293 e. The van der Waals surface area contributed by atoms with Gasteiger partial charge in [-0.3, -0.25) is 14.9 Å². The van der Waals surface area contributed by atoms with Crippen LogP contribution in [0.15, 0.2) is 36.4 Å². The number of piperazine rings is 1. The number of rotatable bonds is 5. The molecule has 1 saturated heterocycles. The van der Waals surface area contributed by atoms with Crippen LogP contribution in [0.2, 0.25) is 10.0 Å². The van der Waals surface area contributed by atoms with Crippen molar-refractivity contribution in [1.82, 2.24) is 10.2 Å². The van der Waals surface area contributed by atoms with Crippen LogP contribution in [0.4, 0.5) is 11.4 Å². The average Bonchev–Trinajstić information content (AvgIpc) is 2.68. The Balaban J connectivity index is 1.80. The molecule has 9 heteroatoms. The number of nitro benzene ring substituents is 1. The summed E-state index contributed by atoms with van der Waals surface area (Å²) in [6.45, 7) is 4.86. The van der Waals surface area contributed by atoms with Crippen molar-refractivity contribution >= 4 is 40.5 Å². The second-order valence-electron chi connectivity index (χ2n) is 7.11. The average molecular weight is 437 g/mol. The monoisotopic (exact) mass is 436 g/mol. The highest BCUT2D eigenvalue weighted by Gasteiger charge is 2.25. The number of halogens is 2. The van der Waals surface area contributed by atoms with Gasteiger partial charge >= 0.3 is 0 Å². The maximum Gasteiger partial charge on any atom is 0.293 e. The molecule has 1 heterocycles. The number of likely N-dealkylation sites (N-methyl/N-ethyl adjacent to an activating group) is 1. The number of carbonyl (C=O) groups excluding carboxylic acids is 1. The third-order valence-corrected chi connectivity index (χ3v) is 5.62. The number of hydrogen-bond donors (Lipinski definition) is 1. The third kappa shape index (κ3) is 4.98. The van der Waals surface area contributed by atoms with Gasteiger partial charge in [0.05, 0.1) is 11.0 Å². The van der Waals surface area contributed by atoms with Crippen LogP contribution in [-0.4, -0.2) is 49.0 Å². The molecule has 1 atom stereocenters. The molecule has 154 valence electrons. The van der Waals surface area contributed by atoms with Gasteiger partial charge in [0, 0.05) is 47.9 Å². The van der Waals surface area contributed by atoms with Crippen molar-refractivity contribution in [3.05, 3.63) is 67.7 Å². The van der Waals surface area contributed by atoms with Gasteiger partial charge in [0.1, 0.15) is 5.69 Å². The van der Waals surface area contributed by atoms with Crippen LogP contribution in [0, 0.1) is 10.1 Å². The first-order chi connectivity index (χ1) is 13.8. The summed E-state index contributed by atoms with van der Waals surface area (Å²) in [5.74, 6) is -0.406. The van der Waals surface area contributed by atoms with Crippen LogP contribution in [-0.2, 0) is 0 Å². The molecule has 0 aliphatic carbocycles. The van der Waals surface area contributed by atoms with Crippen molar-refractivity contribution in [2.45, 2.75) is 13.0 Å². The lowest BCUT2D eigenvalue weighted by Crippen LogP contribution is -2.44. The van der Waals surface area contributed by atoms with Gasteiger partial charge in [0.2, 0.25) is 0 Å². The number of amides is 1. The number of nitrogens with zero attached hydrogens (tertiary/aromatic N) is 3. The summed E-state index contributed by atoms with van der Waals surface area (Å²) in [5, 5.41) is 15.4. The molecule has 0 saturated carbocycles. The quantitative estimate of drug-likeness (QED) is 0.562. The van der Waals surface area contributed by atoms with E-state index in [0.29, 0.717) is 34.4 Å². The molecule has 0 aromatic heterocycles. The number of nitrogens with one attached hydrogen (secondary N) is 1. The topological polar surface area (TPSA) is 78.7 Å². The first-order valence-corrected chi connectivity index (χ1v) is 9.99. The van der Waals surface area contributed by atoms with E-state index >= 15 is 0 Å². The second kappa shape index (κ2) is 8.98. The van der Waals surface area contributed by atoms with Crippen LogP contribution < -0.4 is 10.2 Å². The molecule has 3 rings (SSSR count). The van der Waals surface area contributed by atoms with Gasteiger partial charge in [-0.15, -0.1) is 0 Å². The molecule has 2 aromatic carbocycles. The molecular weight excluding hydrogens is 415 g/mol. The van der Waals surface area contributed by atoms with Crippen molar-refractivity contribution < 1.29 is 9.72 Å². The Morgan fingerprint density at radius 1 is 1.14 bits per heavy atom. The Morgan fingerprint density at radius 2 is 1.83 bits per heavy atom. The molecular formula is C20H22Cl2N4O3.